The van der Waals surface area contributed by atoms with Crippen LogP contribution < -0.4 is 5.73 Å². The number of rotatable bonds is 1. The minimum Gasteiger partial charge on any atom is -0.383 e. The molecule has 0 atom stereocenters. The lowest BCUT2D eigenvalue weighted by molar-refractivity contribution is 1.24. The van der Waals surface area contributed by atoms with E-state index >= 15 is 0 Å². The molecule has 3 aromatic rings. The number of anilines is 1. The molecular weight excluding hydrogens is 230 g/mol. The van der Waals surface area contributed by atoms with Gasteiger partial charge in [-0.05, 0) is 30.5 Å². The van der Waals surface area contributed by atoms with Crippen LogP contribution in [0.3, 0.4) is 0 Å². The summed E-state index contributed by atoms with van der Waals surface area (Å²) in [4.78, 5) is 8.89. The Morgan fingerprint density at radius 1 is 1.18 bits per heavy atom. The molecule has 0 aliphatic rings. The lowest BCUT2D eigenvalue weighted by atomic mass is 10.1. The van der Waals surface area contributed by atoms with Gasteiger partial charge in [-0.2, -0.15) is 11.3 Å². The van der Waals surface area contributed by atoms with Gasteiger partial charge in [0, 0.05) is 16.3 Å². The normalized spacial score (nSPS) is 10.9. The lowest BCUT2D eigenvalue weighted by Gasteiger charge is -2.04. The number of aromatic nitrogens is 2. The summed E-state index contributed by atoms with van der Waals surface area (Å²) in [5.74, 6) is 1.24. The Hall–Kier alpha value is -1.94. The number of nitrogen functional groups attached to an aromatic ring is 1. The van der Waals surface area contributed by atoms with E-state index in [2.05, 4.69) is 9.97 Å². The lowest BCUT2D eigenvalue weighted by Crippen LogP contribution is -1.97. The highest BCUT2D eigenvalue weighted by Crippen LogP contribution is 2.24. The molecule has 0 unspecified atom stereocenters. The topological polar surface area (TPSA) is 51.8 Å². The molecule has 0 amide bonds. The van der Waals surface area contributed by atoms with Crippen molar-refractivity contribution in [3.05, 3.63) is 40.6 Å². The third-order valence-corrected chi connectivity index (χ3v) is 3.34. The van der Waals surface area contributed by atoms with E-state index in [4.69, 9.17) is 5.73 Å². The summed E-state index contributed by atoms with van der Waals surface area (Å²) in [7, 11) is 0. The van der Waals surface area contributed by atoms with Crippen molar-refractivity contribution < 1.29 is 0 Å². The van der Waals surface area contributed by atoms with E-state index in [0.29, 0.717) is 11.6 Å². The molecule has 2 N–H and O–H groups in total. The van der Waals surface area contributed by atoms with Gasteiger partial charge >= 0.3 is 0 Å². The predicted octanol–water partition coefficient (Wildman–Crippen LogP) is 3.25. The first kappa shape index (κ1) is 10.2. The summed E-state index contributed by atoms with van der Waals surface area (Å²) in [6.45, 7) is 2.03. The minimum atomic E-state index is 0.542. The first-order valence-corrected chi connectivity index (χ1v) is 6.25. The zero-order valence-corrected chi connectivity index (χ0v) is 10.2. The SMILES string of the molecule is Cc1ccc2nc(-c3ccsc3)nc(N)c2c1. The molecule has 2 heterocycles. The van der Waals surface area contributed by atoms with Crippen molar-refractivity contribution in [3.8, 4) is 11.4 Å². The van der Waals surface area contributed by atoms with Crippen molar-refractivity contribution in [2.45, 2.75) is 6.92 Å². The van der Waals surface area contributed by atoms with Crippen LogP contribution in [0.15, 0.2) is 35.0 Å². The van der Waals surface area contributed by atoms with Crippen molar-refractivity contribution in [3.63, 3.8) is 0 Å². The van der Waals surface area contributed by atoms with Crippen LogP contribution in [-0.2, 0) is 0 Å². The first-order valence-electron chi connectivity index (χ1n) is 5.30. The second kappa shape index (κ2) is 3.82. The van der Waals surface area contributed by atoms with Crippen LogP contribution in [0.1, 0.15) is 5.56 Å². The van der Waals surface area contributed by atoms with Gasteiger partial charge in [0.25, 0.3) is 0 Å². The number of nitrogens with zero attached hydrogens (tertiary/aromatic N) is 2. The van der Waals surface area contributed by atoms with Crippen LogP contribution in [0.5, 0.6) is 0 Å². The van der Waals surface area contributed by atoms with Crippen molar-refractivity contribution in [1.29, 1.82) is 0 Å². The monoisotopic (exact) mass is 241 g/mol. The minimum absolute atomic E-state index is 0.542. The van der Waals surface area contributed by atoms with E-state index in [-0.39, 0.29) is 0 Å². The van der Waals surface area contributed by atoms with Gasteiger partial charge in [-0.25, -0.2) is 9.97 Å². The summed E-state index contributed by atoms with van der Waals surface area (Å²) < 4.78 is 0. The van der Waals surface area contributed by atoms with Gasteiger partial charge in [0.15, 0.2) is 5.82 Å². The van der Waals surface area contributed by atoms with Crippen molar-refractivity contribution in [1.82, 2.24) is 9.97 Å². The maximum absolute atomic E-state index is 5.98. The number of benzene rings is 1. The standard InChI is InChI=1S/C13H11N3S/c1-8-2-3-11-10(6-8)12(14)16-13(15-11)9-4-5-17-7-9/h2-7H,1H3,(H2,14,15,16). The maximum atomic E-state index is 5.98. The predicted molar refractivity (Wildman–Crippen MR) is 72.0 cm³/mol. The van der Waals surface area contributed by atoms with E-state index in [1.807, 2.05) is 41.9 Å². The number of nitrogens with two attached hydrogens (primary N) is 1. The van der Waals surface area contributed by atoms with Gasteiger partial charge in [-0.3, -0.25) is 0 Å². The van der Waals surface area contributed by atoms with Gasteiger partial charge in [-0.15, -0.1) is 0 Å². The summed E-state index contributed by atoms with van der Waals surface area (Å²) in [5, 5.41) is 4.95. The fourth-order valence-electron chi connectivity index (χ4n) is 1.79. The van der Waals surface area contributed by atoms with Crippen molar-refractivity contribution in [2.24, 2.45) is 0 Å². The van der Waals surface area contributed by atoms with Crippen LogP contribution in [0.2, 0.25) is 0 Å². The molecule has 4 heteroatoms. The summed E-state index contributed by atoms with van der Waals surface area (Å²) in [6.07, 6.45) is 0. The molecule has 0 fully saturated rings. The largest absolute Gasteiger partial charge is 0.383 e. The molecule has 3 nitrogen and oxygen atoms in total. The van der Waals surface area contributed by atoms with Crippen LogP contribution in [0.25, 0.3) is 22.3 Å². The summed E-state index contributed by atoms with van der Waals surface area (Å²) in [5.41, 5.74) is 9.06. The molecule has 0 aliphatic carbocycles. The van der Waals surface area contributed by atoms with Gasteiger partial charge in [-0.1, -0.05) is 11.6 Å². The van der Waals surface area contributed by atoms with Crippen LogP contribution >= 0.6 is 11.3 Å². The third kappa shape index (κ3) is 1.76. The van der Waals surface area contributed by atoms with Gasteiger partial charge in [0.1, 0.15) is 5.82 Å². The molecular formula is C13H11N3S. The van der Waals surface area contributed by atoms with Crippen molar-refractivity contribution in [2.75, 3.05) is 5.73 Å². The molecule has 0 saturated carbocycles. The molecule has 0 bridgehead atoms. The van der Waals surface area contributed by atoms with Crippen LogP contribution in [-0.4, -0.2) is 9.97 Å². The molecule has 0 spiro atoms. The fraction of sp³-hybridized carbons (Fsp3) is 0.0769. The van der Waals surface area contributed by atoms with E-state index in [1.165, 1.54) is 0 Å². The smallest absolute Gasteiger partial charge is 0.162 e. The highest BCUT2D eigenvalue weighted by atomic mass is 32.1. The second-order valence-electron chi connectivity index (χ2n) is 3.97. The molecule has 2 aromatic heterocycles. The Kier molecular flexibility index (Phi) is 2.30. The number of hydrogen-bond donors (Lipinski definition) is 1. The molecule has 0 aliphatic heterocycles. The van der Waals surface area contributed by atoms with Gasteiger partial charge in [0.2, 0.25) is 0 Å². The second-order valence-corrected chi connectivity index (χ2v) is 4.75. The molecule has 3 rings (SSSR count). The number of fused-ring (bicyclic) bond motifs is 1. The van der Waals surface area contributed by atoms with Gasteiger partial charge < -0.3 is 5.73 Å². The maximum Gasteiger partial charge on any atom is 0.162 e. The first-order chi connectivity index (χ1) is 8.24. The molecule has 84 valence electrons. The summed E-state index contributed by atoms with van der Waals surface area (Å²) >= 11 is 1.63. The Morgan fingerprint density at radius 3 is 2.82 bits per heavy atom. The Bertz CT molecular complexity index is 674. The highest BCUT2D eigenvalue weighted by Gasteiger charge is 2.07. The molecule has 0 saturated heterocycles. The van der Waals surface area contributed by atoms with Crippen molar-refractivity contribution >= 4 is 28.1 Å². The van der Waals surface area contributed by atoms with Gasteiger partial charge in [0.05, 0.1) is 5.52 Å². The third-order valence-electron chi connectivity index (χ3n) is 2.66. The van der Waals surface area contributed by atoms with Crippen LogP contribution in [0.4, 0.5) is 5.82 Å². The Morgan fingerprint density at radius 2 is 2.06 bits per heavy atom. The Balaban J connectivity index is 2.28. The zero-order valence-electron chi connectivity index (χ0n) is 9.34. The highest BCUT2D eigenvalue weighted by molar-refractivity contribution is 7.08. The quantitative estimate of drug-likeness (QED) is 0.711. The van der Waals surface area contributed by atoms with E-state index in [9.17, 15) is 0 Å². The molecule has 1 aromatic carbocycles. The number of aryl methyl sites for hydroxylation is 1. The molecule has 17 heavy (non-hydrogen) atoms. The summed E-state index contributed by atoms with van der Waals surface area (Å²) in [6, 6.07) is 8.03. The fourth-order valence-corrected chi connectivity index (χ4v) is 2.42. The Labute approximate surface area is 103 Å². The number of hydrogen-bond acceptors (Lipinski definition) is 4. The molecule has 0 radical (unpaired) electrons. The van der Waals surface area contributed by atoms with E-state index < -0.39 is 0 Å². The average Bonchev–Trinajstić information content (AvgIpc) is 2.83. The van der Waals surface area contributed by atoms with E-state index in [0.717, 1.165) is 22.0 Å². The average molecular weight is 241 g/mol. The van der Waals surface area contributed by atoms with Crippen LogP contribution in [0, 0.1) is 6.92 Å². The zero-order chi connectivity index (χ0) is 11.8. The number of thiophene rings is 1. The van der Waals surface area contributed by atoms with E-state index in [1.54, 1.807) is 11.3 Å².